The highest BCUT2D eigenvalue weighted by Gasteiger charge is 2.32. The molecule has 154 valence electrons. The molecule has 2 aromatic rings. The molecule has 1 N–H and O–H groups in total. The highest BCUT2D eigenvalue weighted by molar-refractivity contribution is 5.98. The Morgan fingerprint density at radius 1 is 1.28 bits per heavy atom. The van der Waals surface area contributed by atoms with Crippen LogP contribution in [0.15, 0.2) is 52.1 Å². The van der Waals surface area contributed by atoms with Crippen LogP contribution in [0.3, 0.4) is 0 Å². The highest BCUT2D eigenvalue weighted by atomic mass is 16.3. The van der Waals surface area contributed by atoms with E-state index < -0.39 is 0 Å². The lowest BCUT2D eigenvalue weighted by Gasteiger charge is -2.23. The summed E-state index contributed by atoms with van der Waals surface area (Å²) in [4.78, 5) is 21.2. The summed E-state index contributed by atoms with van der Waals surface area (Å²) in [6, 6.07) is 12.5. The van der Waals surface area contributed by atoms with Crippen molar-refractivity contribution in [2.45, 2.75) is 38.5 Å². The van der Waals surface area contributed by atoms with Crippen molar-refractivity contribution in [2.75, 3.05) is 37.6 Å². The number of aliphatic imine (C=N–C) groups is 1. The second-order valence-electron chi connectivity index (χ2n) is 7.70. The molecular weight excluding hydrogens is 364 g/mol. The van der Waals surface area contributed by atoms with E-state index in [1.807, 2.05) is 17.0 Å². The Morgan fingerprint density at radius 2 is 2.17 bits per heavy atom. The Balaban J connectivity index is 1.47. The first-order valence-electron chi connectivity index (χ1n) is 10.7. The number of nitrogens with zero attached hydrogens (tertiary/aromatic N) is 3. The number of para-hydroxylation sites is 1. The van der Waals surface area contributed by atoms with Crippen LogP contribution < -0.4 is 10.2 Å². The van der Waals surface area contributed by atoms with Gasteiger partial charge in [0.05, 0.1) is 6.26 Å². The predicted octanol–water partition coefficient (Wildman–Crippen LogP) is 3.40. The second kappa shape index (κ2) is 9.16. The molecule has 0 bridgehead atoms. The number of anilines is 1. The van der Waals surface area contributed by atoms with E-state index in [0.717, 1.165) is 57.2 Å². The van der Waals surface area contributed by atoms with Gasteiger partial charge in [-0.05, 0) is 43.5 Å². The van der Waals surface area contributed by atoms with Gasteiger partial charge in [-0.3, -0.25) is 9.79 Å². The molecule has 0 saturated carbocycles. The molecular formula is C23H30N4O2. The van der Waals surface area contributed by atoms with Crippen molar-refractivity contribution in [3.8, 4) is 0 Å². The topological polar surface area (TPSA) is 61.1 Å². The number of benzene rings is 1. The quantitative estimate of drug-likeness (QED) is 0.578. The molecule has 2 aliphatic rings. The van der Waals surface area contributed by atoms with Gasteiger partial charge in [-0.2, -0.15) is 0 Å². The zero-order valence-electron chi connectivity index (χ0n) is 17.1. The van der Waals surface area contributed by atoms with E-state index in [1.54, 1.807) is 6.26 Å². The van der Waals surface area contributed by atoms with Crippen LogP contribution in [0.2, 0.25) is 0 Å². The van der Waals surface area contributed by atoms with Crippen LogP contribution >= 0.6 is 0 Å². The lowest BCUT2D eigenvalue weighted by molar-refractivity contribution is -0.127. The summed E-state index contributed by atoms with van der Waals surface area (Å²) >= 11 is 0. The fraction of sp³-hybridized carbons (Fsp3) is 0.478. The van der Waals surface area contributed by atoms with E-state index in [-0.39, 0.29) is 0 Å². The largest absolute Gasteiger partial charge is 0.469 e. The standard InChI is InChI=1S/C23H30N4O2/c1-2-24-23(25-13-11-19-7-6-16-29-19)27-17-18(20-8-3-4-9-21(20)27)12-15-26-14-5-10-22(26)28/h3-4,6-9,16,18H,2,5,10-15,17H2,1H3,(H,24,25). The molecule has 1 fully saturated rings. The third-order valence-electron chi connectivity index (χ3n) is 5.78. The minimum atomic E-state index is 0.306. The van der Waals surface area contributed by atoms with Crippen molar-refractivity contribution in [3.05, 3.63) is 54.0 Å². The average molecular weight is 395 g/mol. The molecule has 6 nitrogen and oxygen atoms in total. The molecule has 0 aliphatic carbocycles. The number of furan rings is 1. The Bertz CT molecular complexity index is 846. The number of rotatable bonds is 7. The first kappa shape index (κ1) is 19.6. The van der Waals surface area contributed by atoms with Gasteiger partial charge < -0.3 is 19.5 Å². The Kier molecular flexibility index (Phi) is 6.17. The van der Waals surface area contributed by atoms with Crippen LogP contribution in [0.5, 0.6) is 0 Å². The van der Waals surface area contributed by atoms with Gasteiger partial charge in [0, 0.05) is 57.2 Å². The molecule has 1 aromatic heterocycles. The summed E-state index contributed by atoms with van der Waals surface area (Å²) < 4.78 is 5.43. The third kappa shape index (κ3) is 4.47. The second-order valence-corrected chi connectivity index (χ2v) is 7.70. The van der Waals surface area contributed by atoms with E-state index in [2.05, 4.69) is 41.4 Å². The molecule has 2 aliphatic heterocycles. The number of likely N-dealkylation sites (tertiary alicyclic amines) is 1. The van der Waals surface area contributed by atoms with Crippen LogP contribution in [0.1, 0.15) is 43.4 Å². The summed E-state index contributed by atoms with van der Waals surface area (Å²) in [5, 5.41) is 3.45. The van der Waals surface area contributed by atoms with Crippen LogP contribution in [0.25, 0.3) is 0 Å². The molecule has 0 spiro atoms. The van der Waals surface area contributed by atoms with Gasteiger partial charge >= 0.3 is 0 Å². The molecule has 4 rings (SSSR count). The molecule has 1 atom stereocenters. The van der Waals surface area contributed by atoms with Crippen LogP contribution in [0.4, 0.5) is 5.69 Å². The molecule has 1 amide bonds. The maximum Gasteiger partial charge on any atom is 0.222 e. The van der Waals surface area contributed by atoms with Gasteiger partial charge in [0.1, 0.15) is 5.76 Å². The maximum absolute atomic E-state index is 12.0. The SMILES string of the molecule is CCNC(=NCCc1ccco1)N1CC(CCN2CCCC2=O)c2ccccc21. The first-order valence-corrected chi connectivity index (χ1v) is 10.7. The first-order chi connectivity index (χ1) is 14.3. The lowest BCUT2D eigenvalue weighted by Crippen LogP contribution is -2.41. The molecule has 1 unspecified atom stereocenters. The van der Waals surface area contributed by atoms with Crippen molar-refractivity contribution in [2.24, 2.45) is 4.99 Å². The van der Waals surface area contributed by atoms with Crippen LogP contribution in [-0.2, 0) is 11.2 Å². The van der Waals surface area contributed by atoms with E-state index in [9.17, 15) is 4.79 Å². The summed E-state index contributed by atoms with van der Waals surface area (Å²) in [5.74, 6) is 2.60. The fourth-order valence-corrected chi connectivity index (χ4v) is 4.32. The number of amides is 1. The maximum atomic E-state index is 12.0. The normalized spacial score (nSPS) is 19.1. The molecule has 29 heavy (non-hydrogen) atoms. The van der Waals surface area contributed by atoms with Crippen molar-refractivity contribution >= 4 is 17.6 Å². The van der Waals surface area contributed by atoms with Crippen LogP contribution in [-0.4, -0.2) is 49.5 Å². The van der Waals surface area contributed by atoms with Crippen molar-refractivity contribution in [1.29, 1.82) is 0 Å². The monoisotopic (exact) mass is 394 g/mol. The molecule has 1 saturated heterocycles. The third-order valence-corrected chi connectivity index (χ3v) is 5.78. The number of carbonyl (C=O) groups is 1. The van der Waals surface area contributed by atoms with Gasteiger partial charge in [0.2, 0.25) is 5.91 Å². The fourth-order valence-electron chi connectivity index (χ4n) is 4.32. The number of carbonyl (C=O) groups excluding carboxylic acids is 1. The number of fused-ring (bicyclic) bond motifs is 1. The summed E-state index contributed by atoms with van der Waals surface area (Å²) in [6.07, 6.45) is 5.19. The van der Waals surface area contributed by atoms with E-state index in [1.165, 1.54) is 11.3 Å². The Morgan fingerprint density at radius 3 is 2.93 bits per heavy atom. The lowest BCUT2D eigenvalue weighted by atomic mass is 9.98. The molecule has 1 aromatic carbocycles. The zero-order valence-corrected chi connectivity index (χ0v) is 17.1. The number of nitrogens with one attached hydrogen (secondary N) is 1. The van der Waals surface area contributed by atoms with Gasteiger partial charge in [-0.25, -0.2) is 0 Å². The van der Waals surface area contributed by atoms with Crippen molar-refractivity contribution in [1.82, 2.24) is 10.2 Å². The van der Waals surface area contributed by atoms with E-state index in [0.29, 0.717) is 24.8 Å². The van der Waals surface area contributed by atoms with Crippen molar-refractivity contribution < 1.29 is 9.21 Å². The molecule has 0 radical (unpaired) electrons. The van der Waals surface area contributed by atoms with E-state index in [4.69, 9.17) is 9.41 Å². The number of hydrogen-bond donors (Lipinski definition) is 1. The summed E-state index contributed by atoms with van der Waals surface area (Å²) in [5.41, 5.74) is 2.58. The van der Waals surface area contributed by atoms with Gasteiger partial charge in [0.25, 0.3) is 0 Å². The summed E-state index contributed by atoms with van der Waals surface area (Å²) in [7, 11) is 0. The van der Waals surface area contributed by atoms with E-state index >= 15 is 0 Å². The Hall–Kier alpha value is -2.76. The van der Waals surface area contributed by atoms with Crippen LogP contribution in [0, 0.1) is 0 Å². The predicted molar refractivity (Wildman–Crippen MR) is 115 cm³/mol. The molecule has 6 heteroatoms. The van der Waals surface area contributed by atoms with Gasteiger partial charge in [-0.15, -0.1) is 0 Å². The van der Waals surface area contributed by atoms with Crippen molar-refractivity contribution in [3.63, 3.8) is 0 Å². The van der Waals surface area contributed by atoms with Gasteiger partial charge in [-0.1, -0.05) is 18.2 Å². The average Bonchev–Trinajstić information content (AvgIpc) is 3.46. The molecule has 3 heterocycles. The Labute approximate surface area is 172 Å². The zero-order chi connectivity index (χ0) is 20.1. The highest BCUT2D eigenvalue weighted by Crippen LogP contribution is 2.38. The number of hydrogen-bond acceptors (Lipinski definition) is 3. The summed E-state index contributed by atoms with van der Waals surface area (Å²) in [6.45, 7) is 6.26. The number of guanidine groups is 1. The smallest absolute Gasteiger partial charge is 0.222 e. The van der Waals surface area contributed by atoms with Gasteiger partial charge in [0.15, 0.2) is 5.96 Å². The minimum absolute atomic E-state index is 0.306. The minimum Gasteiger partial charge on any atom is -0.469 e.